The lowest BCUT2D eigenvalue weighted by Crippen LogP contribution is -2.35. The zero-order valence-electron chi connectivity index (χ0n) is 11.0. The fraction of sp³-hybridized carbons (Fsp3) is 0.538. The first-order chi connectivity index (χ1) is 8.72. The average Bonchev–Trinajstić information content (AvgIpc) is 2.42. The molecule has 100 valence electrons. The van der Waals surface area contributed by atoms with E-state index in [-0.39, 0.29) is 12.5 Å². The van der Waals surface area contributed by atoms with Crippen molar-refractivity contribution in [3.63, 3.8) is 0 Å². The van der Waals surface area contributed by atoms with Gasteiger partial charge in [0.25, 0.3) is 5.91 Å². The first kappa shape index (κ1) is 14.4. The highest BCUT2D eigenvalue weighted by Crippen LogP contribution is 2.10. The minimum absolute atomic E-state index is 0.0266. The lowest BCUT2D eigenvalue weighted by atomic mass is 10.2. The largest absolute Gasteiger partial charge is 0.395 e. The van der Waals surface area contributed by atoms with Crippen LogP contribution in [-0.2, 0) is 0 Å². The van der Waals surface area contributed by atoms with Crippen LogP contribution in [0.3, 0.4) is 0 Å². The highest BCUT2D eigenvalue weighted by atomic mass is 16.3. The molecule has 0 saturated heterocycles. The summed E-state index contributed by atoms with van der Waals surface area (Å²) in [7, 11) is 1.80. The van der Waals surface area contributed by atoms with Gasteiger partial charge in [-0.2, -0.15) is 0 Å². The third-order valence-electron chi connectivity index (χ3n) is 2.71. The molecule has 0 radical (unpaired) electrons. The summed E-state index contributed by atoms with van der Waals surface area (Å²) in [6.45, 7) is 3.05. The normalized spacial score (nSPS) is 10.2. The smallest absolute Gasteiger partial charge is 0.272 e. The van der Waals surface area contributed by atoms with Crippen molar-refractivity contribution >= 4 is 11.6 Å². The number of anilines is 1. The molecule has 0 fully saturated rings. The summed E-state index contributed by atoms with van der Waals surface area (Å²) in [6, 6.07) is 3.53. The second-order valence-electron chi connectivity index (χ2n) is 4.05. The summed E-state index contributed by atoms with van der Waals surface area (Å²) in [4.78, 5) is 18.0. The average molecular weight is 251 g/mol. The minimum atomic E-state index is -0.130. The van der Waals surface area contributed by atoms with Crippen LogP contribution in [0.5, 0.6) is 0 Å². The number of amides is 1. The molecule has 5 nitrogen and oxygen atoms in total. The molecule has 1 aromatic rings. The van der Waals surface area contributed by atoms with Crippen LogP contribution in [0.25, 0.3) is 0 Å². The lowest BCUT2D eigenvalue weighted by molar-refractivity contribution is 0.0713. The molecule has 5 heteroatoms. The van der Waals surface area contributed by atoms with Gasteiger partial charge in [-0.25, -0.2) is 0 Å². The van der Waals surface area contributed by atoms with Crippen molar-refractivity contribution in [2.45, 2.75) is 19.8 Å². The van der Waals surface area contributed by atoms with Crippen molar-refractivity contribution in [2.24, 2.45) is 0 Å². The third kappa shape index (κ3) is 4.00. The number of carbonyl (C=O) groups excluding carboxylic acids is 1. The second kappa shape index (κ2) is 7.66. The summed E-state index contributed by atoms with van der Waals surface area (Å²) in [6.07, 6.45) is 3.55. The van der Waals surface area contributed by atoms with E-state index in [9.17, 15) is 4.79 Å². The SMILES string of the molecule is CCCCN(CCO)C(=O)c1cc(NC)ccn1. The van der Waals surface area contributed by atoms with Crippen molar-refractivity contribution in [2.75, 3.05) is 32.1 Å². The molecule has 18 heavy (non-hydrogen) atoms. The van der Waals surface area contributed by atoms with E-state index in [4.69, 9.17) is 5.11 Å². The fourth-order valence-electron chi connectivity index (χ4n) is 1.65. The summed E-state index contributed by atoms with van der Waals surface area (Å²) in [5.41, 5.74) is 1.26. The molecule has 0 saturated carbocycles. The zero-order chi connectivity index (χ0) is 13.4. The number of rotatable bonds is 7. The molecule has 1 amide bonds. The Morgan fingerprint density at radius 1 is 1.50 bits per heavy atom. The Hall–Kier alpha value is -1.62. The standard InChI is InChI=1S/C13H21N3O2/c1-3-4-7-16(8-9-17)13(18)12-10-11(14-2)5-6-15-12/h5-6,10,17H,3-4,7-9H2,1-2H3,(H,14,15). The van der Waals surface area contributed by atoms with E-state index in [0.717, 1.165) is 18.5 Å². The van der Waals surface area contributed by atoms with E-state index in [1.807, 2.05) is 0 Å². The number of aliphatic hydroxyl groups excluding tert-OH is 1. The van der Waals surface area contributed by atoms with Gasteiger partial charge in [-0.3, -0.25) is 9.78 Å². The van der Waals surface area contributed by atoms with E-state index >= 15 is 0 Å². The first-order valence-corrected chi connectivity index (χ1v) is 6.26. The maximum Gasteiger partial charge on any atom is 0.272 e. The number of carbonyl (C=O) groups is 1. The van der Waals surface area contributed by atoms with Gasteiger partial charge in [0.2, 0.25) is 0 Å². The molecule has 0 atom stereocenters. The molecule has 0 bridgehead atoms. The van der Waals surface area contributed by atoms with E-state index in [2.05, 4.69) is 17.2 Å². The molecular weight excluding hydrogens is 230 g/mol. The molecule has 1 heterocycles. The van der Waals surface area contributed by atoms with E-state index in [1.54, 1.807) is 30.3 Å². The van der Waals surface area contributed by atoms with Crippen molar-refractivity contribution in [3.05, 3.63) is 24.0 Å². The zero-order valence-corrected chi connectivity index (χ0v) is 11.0. The van der Waals surface area contributed by atoms with E-state index in [1.165, 1.54) is 0 Å². The molecule has 0 spiro atoms. The molecule has 0 unspecified atom stereocenters. The van der Waals surface area contributed by atoms with Crippen LogP contribution in [0.4, 0.5) is 5.69 Å². The number of pyridine rings is 1. The van der Waals surface area contributed by atoms with Crippen LogP contribution in [0, 0.1) is 0 Å². The summed E-state index contributed by atoms with van der Waals surface area (Å²) < 4.78 is 0. The van der Waals surface area contributed by atoms with Crippen molar-refractivity contribution in [1.82, 2.24) is 9.88 Å². The number of unbranched alkanes of at least 4 members (excludes halogenated alkanes) is 1. The molecule has 0 aliphatic carbocycles. The van der Waals surface area contributed by atoms with Gasteiger partial charge in [0.05, 0.1) is 6.61 Å². The van der Waals surface area contributed by atoms with Gasteiger partial charge in [-0.15, -0.1) is 0 Å². The van der Waals surface area contributed by atoms with E-state index < -0.39 is 0 Å². The number of hydrogen-bond acceptors (Lipinski definition) is 4. The fourth-order valence-corrected chi connectivity index (χ4v) is 1.65. The Kier molecular flexibility index (Phi) is 6.14. The minimum Gasteiger partial charge on any atom is -0.395 e. The van der Waals surface area contributed by atoms with Crippen LogP contribution < -0.4 is 5.32 Å². The van der Waals surface area contributed by atoms with Crippen LogP contribution in [0.2, 0.25) is 0 Å². The summed E-state index contributed by atoms with van der Waals surface area (Å²) in [5, 5.41) is 12.0. The molecule has 0 aliphatic rings. The van der Waals surface area contributed by atoms with Gasteiger partial charge >= 0.3 is 0 Å². The molecule has 0 aromatic carbocycles. The number of hydrogen-bond donors (Lipinski definition) is 2. The first-order valence-electron chi connectivity index (χ1n) is 6.26. The van der Waals surface area contributed by atoms with Crippen LogP contribution >= 0.6 is 0 Å². The summed E-state index contributed by atoms with van der Waals surface area (Å²) >= 11 is 0. The number of nitrogens with one attached hydrogen (secondary N) is 1. The third-order valence-corrected chi connectivity index (χ3v) is 2.71. The molecule has 0 aliphatic heterocycles. The number of aliphatic hydroxyl groups is 1. The Morgan fingerprint density at radius 2 is 2.28 bits per heavy atom. The maximum atomic E-state index is 12.2. The van der Waals surface area contributed by atoms with Crippen LogP contribution in [0.1, 0.15) is 30.3 Å². The lowest BCUT2D eigenvalue weighted by Gasteiger charge is -2.21. The highest BCUT2D eigenvalue weighted by molar-refractivity contribution is 5.93. The van der Waals surface area contributed by atoms with Gasteiger partial charge in [0.15, 0.2) is 0 Å². The Labute approximate surface area is 108 Å². The van der Waals surface area contributed by atoms with Crippen LogP contribution in [0.15, 0.2) is 18.3 Å². The monoisotopic (exact) mass is 251 g/mol. The van der Waals surface area contributed by atoms with Crippen molar-refractivity contribution in [1.29, 1.82) is 0 Å². The Bertz CT molecular complexity index is 382. The second-order valence-corrected chi connectivity index (χ2v) is 4.05. The topological polar surface area (TPSA) is 65.5 Å². The van der Waals surface area contributed by atoms with Crippen molar-refractivity contribution < 1.29 is 9.90 Å². The molecule has 1 aromatic heterocycles. The predicted molar refractivity (Wildman–Crippen MR) is 71.7 cm³/mol. The maximum absolute atomic E-state index is 12.2. The Balaban J connectivity index is 2.79. The number of aromatic nitrogens is 1. The van der Waals surface area contributed by atoms with Gasteiger partial charge in [0.1, 0.15) is 5.69 Å². The highest BCUT2D eigenvalue weighted by Gasteiger charge is 2.16. The van der Waals surface area contributed by atoms with Crippen LogP contribution in [-0.4, -0.2) is 47.6 Å². The molecule has 1 rings (SSSR count). The number of nitrogens with zero attached hydrogens (tertiary/aromatic N) is 2. The molecular formula is C13H21N3O2. The van der Waals surface area contributed by atoms with Crippen molar-refractivity contribution in [3.8, 4) is 0 Å². The Morgan fingerprint density at radius 3 is 2.89 bits per heavy atom. The quantitative estimate of drug-likeness (QED) is 0.768. The van der Waals surface area contributed by atoms with Gasteiger partial charge in [0, 0.05) is 32.0 Å². The van der Waals surface area contributed by atoms with Gasteiger partial charge < -0.3 is 15.3 Å². The molecule has 2 N–H and O–H groups in total. The predicted octanol–water partition coefficient (Wildman–Crippen LogP) is 1.36. The van der Waals surface area contributed by atoms with Gasteiger partial charge in [-0.05, 0) is 18.6 Å². The van der Waals surface area contributed by atoms with E-state index in [0.29, 0.717) is 18.8 Å². The van der Waals surface area contributed by atoms with Gasteiger partial charge in [-0.1, -0.05) is 13.3 Å². The summed E-state index contributed by atoms with van der Waals surface area (Å²) in [5.74, 6) is -0.130.